The van der Waals surface area contributed by atoms with Crippen LogP contribution in [0.15, 0.2) is 79.0 Å². The minimum absolute atomic E-state index is 0.0697. The lowest BCUT2D eigenvalue weighted by molar-refractivity contribution is 0.274. The fourth-order valence-corrected chi connectivity index (χ4v) is 4.77. The van der Waals surface area contributed by atoms with Crippen molar-refractivity contribution in [3.05, 3.63) is 96.2 Å². The van der Waals surface area contributed by atoms with Crippen LogP contribution in [-0.4, -0.2) is 53.3 Å². The first-order valence-electron chi connectivity index (χ1n) is 12.6. The molecule has 0 atom stereocenters. The number of pyridine rings is 1. The van der Waals surface area contributed by atoms with E-state index in [1.54, 1.807) is 6.20 Å². The number of ether oxygens (including phenoxy) is 1. The van der Waals surface area contributed by atoms with Gasteiger partial charge in [-0.1, -0.05) is 42.5 Å². The summed E-state index contributed by atoms with van der Waals surface area (Å²) in [6, 6.07) is 22.1. The average molecular weight is 512 g/mol. The second kappa shape index (κ2) is 10.2. The van der Waals surface area contributed by atoms with Crippen LogP contribution < -0.4 is 9.64 Å². The maximum Gasteiger partial charge on any atom is 0.191 e. The Bertz CT molecular complexity index is 1540. The van der Waals surface area contributed by atoms with E-state index in [-0.39, 0.29) is 6.61 Å². The van der Waals surface area contributed by atoms with Crippen molar-refractivity contribution in [2.24, 2.45) is 0 Å². The highest BCUT2D eigenvalue weighted by Gasteiger charge is 2.18. The molecule has 6 rings (SSSR count). The second-order valence-electron chi connectivity index (χ2n) is 9.57. The number of piperazine rings is 1. The number of likely N-dealkylation sites (N-methyl/N-ethyl adjacent to an activating group) is 1. The van der Waals surface area contributed by atoms with Crippen LogP contribution in [0.2, 0.25) is 0 Å². The van der Waals surface area contributed by atoms with E-state index in [4.69, 9.17) is 4.74 Å². The van der Waals surface area contributed by atoms with E-state index in [0.717, 1.165) is 42.9 Å². The maximum absolute atomic E-state index is 14.9. The molecule has 0 saturated carbocycles. The predicted octanol–water partition coefficient (Wildman–Crippen LogP) is 5.90. The molecule has 0 unspecified atom stereocenters. The van der Waals surface area contributed by atoms with Gasteiger partial charge in [0, 0.05) is 54.6 Å². The van der Waals surface area contributed by atoms with E-state index in [0.29, 0.717) is 22.3 Å². The first-order valence-corrected chi connectivity index (χ1v) is 12.6. The van der Waals surface area contributed by atoms with Gasteiger partial charge in [0.25, 0.3) is 0 Å². The highest BCUT2D eigenvalue weighted by molar-refractivity contribution is 5.93. The van der Waals surface area contributed by atoms with Gasteiger partial charge in [-0.2, -0.15) is 5.10 Å². The van der Waals surface area contributed by atoms with Crippen molar-refractivity contribution in [3.8, 4) is 28.1 Å². The zero-order valence-electron chi connectivity index (χ0n) is 21.0. The number of nitrogens with zero attached hydrogens (tertiary/aromatic N) is 4. The summed E-state index contributed by atoms with van der Waals surface area (Å²) in [6.45, 7) is 4.18. The molecule has 38 heavy (non-hydrogen) atoms. The van der Waals surface area contributed by atoms with Gasteiger partial charge in [-0.3, -0.25) is 5.10 Å². The molecule has 1 aliphatic rings. The predicted molar refractivity (Wildman–Crippen MR) is 145 cm³/mol. The number of rotatable bonds is 6. The summed E-state index contributed by atoms with van der Waals surface area (Å²) in [5.74, 6) is -1.97. The van der Waals surface area contributed by atoms with Crippen molar-refractivity contribution in [1.82, 2.24) is 20.1 Å². The molecule has 1 saturated heterocycles. The first kappa shape index (κ1) is 24.1. The zero-order chi connectivity index (χ0) is 26.1. The number of aromatic nitrogens is 3. The average Bonchev–Trinajstić information content (AvgIpc) is 3.37. The summed E-state index contributed by atoms with van der Waals surface area (Å²) in [5, 5.41) is 7.87. The summed E-state index contributed by atoms with van der Waals surface area (Å²) < 4.78 is 35.3. The summed E-state index contributed by atoms with van der Waals surface area (Å²) in [6.07, 6.45) is 1.77. The van der Waals surface area contributed by atoms with Crippen molar-refractivity contribution < 1.29 is 13.5 Å². The van der Waals surface area contributed by atoms with Crippen molar-refractivity contribution in [2.75, 3.05) is 38.1 Å². The number of halogens is 2. The standard InChI is InChI=1S/C30H27F2N5O/c1-36-11-13-37(14-12-36)24-9-7-21(8-10-24)23-15-25-28(34-35-30(25)33-18-23)22-16-26(31)29(27(32)17-22)38-19-20-5-3-2-4-6-20/h2-10,15-18H,11-14,19H2,1H3,(H,33,34,35). The van der Waals surface area contributed by atoms with E-state index >= 15 is 0 Å². The molecule has 6 nitrogen and oxygen atoms in total. The minimum atomic E-state index is -0.782. The highest BCUT2D eigenvalue weighted by atomic mass is 19.1. The molecule has 2 aromatic heterocycles. The van der Waals surface area contributed by atoms with E-state index in [9.17, 15) is 8.78 Å². The molecule has 0 amide bonds. The van der Waals surface area contributed by atoms with Crippen molar-refractivity contribution >= 4 is 16.7 Å². The molecule has 5 aromatic rings. The summed E-state index contributed by atoms with van der Waals surface area (Å²) in [7, 11) is 2.14. The van der Waals surface area contributed by atoms with Crippen molar-refractivity contribution in [2.45, 2.75) is 6.61 Å². The molecule has 3 aromatic carbocycles. The van der Waals surface area contributed by atoms with Gasteiger partial charge in [0.05, 0.1) is 0 Å². The molecule has 0 aliphatic carbocycles. The van der Waals surface area contributed by atoms with E-state index in [1.165, 1.54) is 17.8 Å². The van der Waals surface area contributed by atoms with Crippen LogP contribution in [0.4, 0.5) is 14.5 Å². The Morgan fingerprint density at radius 1 is 0.842 bits per heavy atom. The van der Waals surface area contributed by atoms with Crippen LogP contribution in [0.5, 0.6) is 5.75 Å². The number of benzene rings is 3. The molecule has 3 heterocycles. The normalized spacial score (nSPS) is 14.2. The molecular weight excluding hydrogens is 484 g/mol. The van der Waals surface area contributed by atoms with Gasteiger partial charge >= 0.3 is 0 Å². The fraction of sp³-hybridized carbons (Fsp3) is 0.200. The number of hydrogen-bond donors (Lipinski definition) is 1. The Labute approximate surface area is 219 Å². The lowest BCUT2D eigenvalue weighted by Crippen LogP contribution is -2.44. The summed E-state index contributed by atoms with van der Waals surface area (Å²) in [5.41, 5.74) is 5.20. The molecular formula is C30H27F2N5O. The maximum atomic E-state index is 14.9. The third-order valence-corrected chi connectivity index (χ3v) is 6.98. The Morgan fingerprint density at radius 2 is 1.55 bits per heavy atom. The third kappa shape index (κ3) is 4.82. The lowest BCUT2D eigenvalue weighted by atomic mass is 10.0. The Kier molecular flexibility index (Phi) is 6.47. The van der Waals surface area contributed by atoms with Crippen LogP contribution in [0.3, 0.4) is 0 Å². The largest absolute Gasteiger partial charge is 0.483 e. The van der Waals surface area contributed by atoms with Crippen LogP contribution in [0, 0.1) is 11.6 Å². The molecule has 0 bridgehead atoms. The van der Waals surface area contributed by atoms with Crippen molar-refractivity contribution in [1.29, 1.82) is 0 Å². The number of H-pyrrole nitrogens is 1. The Hall–Kier alpha value is -4.30. The zero-order valence-corrected chi connectivity index (χ0v) is 21.0. The third-order valence-electron chi connectivity index (χ3n) is 6.98. The second-order valence-corrected chi connectivity index (χ2v) is 9.57. The number of anilines is 1. The van der Waals surface area contributed by atoms with E-state index in [1.807, 2.05) is 36.4 Å². The molecule has 8 heteroatoms. The number of nitrogens with one attached hydrogen (secondary N) is 1. The van der Waals surface area contributed by atoms with Crippen LogP contribution in [-0.2, 0) is 6.61 Å². The van der Waals surface area contributed by atoms with E-state index < -0.39 is 17.4 Å². The van der Waals surface area contributed by atoms with Gasteiger partial charge in [-0.05, 0) is 48.5 Å². The molecule has 1 aliphatic heterocycles. The van der Waals surface area contributed by atoms with Crippen molar-refractivity contribution in [3.63, 3.8) is 0 Å². The Balaban J connectivity index is 1.26. The minimum Gasteiger partial charge on any atom is -0.483 e. The van der Waals surface area contributed by atoms with E-state index in [2.05, 4.69) is 56.3 Å². The SMILES string of the molecule is CN1CCN(c2ccc(-c3cnc4[nH]nc(-c5cc(F)c(OCc6ccccc6)c(F)c5)c4c3)cc2)CC1. The molecule has 0 spiro atoms. The number of fused-ring (bicyclic) bond motifs is 1. The van der Waals surface area contributed by atoms with Crippen LogP contribution >= 0.6 is 0 Å². The van der Waals surface area contributed by atoms with Crippen LogP contribution in [0.1, 0.15) is 5.56 Å². The van der Waals surface area contributed by atoms with Gasteiger partial charge in [0.2, 0.25) is 0 Å². The monoisotopic (exact) mass is 511 g/mol. The van der Waals surface area contributed by atoms with Gasteiger partial charge in [0.15, 0.2) is 23.0 Å². The highest BCUT2D eigenvalue weighted by Crippen LogP contribution is 2.34. The number of aromatic amines is 1. The molecule has 1 N–H and O–H groups in total. The molecule has 192 valence electrons. The lowest BCUT2D eigenvalue weighted by Gasteiger charge is -2.34. The number of hydrogen-bond acceptors (Lipinski definition) is 5. The molecule has 1 fully saturated rings. The Morgan fingerprint density at radius 3 is 2.26 bits per heavy atom. The fourth-order valence-electron chi connectivity index (χ4n) is 4.77. The molecule has 0 radical (unpaired) electrons. The summed E-state index contributed by atoms with van der Waals surface area (Å²) >= 11 is 0. The summed E-state index contributed by atoms with van der Waals surface area (Å²) in [4.78, 5) is 9.22. The van der Waals surface area contributed by atoms with Gasteiger partial charge < -0.3 is 14.5 Å². The van der Waals surface area contributed by atoms with Gasteiger partial charge in [-0.25, -0.2) is 13.8 Å². The topological polar surface area (TPSA) is 57.3 Å². The smallest absolute Gasteiger partial charge is 0.191 e. The van der Waals surface area contributed by atoms with Gasteiger partial charge in [0.1, 0.15) is 12.3 Å². The first-order chi connectivity index (χ1) is 18.5. The van der Waals surface area contributed by atoms with Gasteiger partial charge in [-0.15, -0.1) is 0 Å². The van der Waals surface area contributed by atoms with Crippen LogP contribution in [0.25, 0.3) is 33.4 Å². The quantitative estimate of drug-likeness (QED) is 0.308.